The molecule has 100 valence electrons. The number of rotatable bonds is 7. The van der Waals surface area contributed by atoms with Crippen LogP contribution >= 0.6 is 11.6 Å². The van der Waals surface area contributed by atoms with E-state index in [1.807, 2.05) is 19.0 Å². The standard InChI is InChI=1S/C13H19ClN2O2/c1-15-6-7-16(2)9-12(17)10-4-5-13(18-3)11(14)8-10/h4-5,8,15H,6-7,9H2,1-3H3. The van der Waals surface area contributed by atoms with Crippen LogP contribution in [0.15, 0.2) is 18.2 Å². The van der Waals surface area contributed by atoms with Crippen molar-refractivity contribution < 1.29 is 9.53 Å². The van der Waals surface area contributed by atoms with Crippen molar-refractivity contribution in [3.8, 4) is 5.75 Å². The van der Waals surface area contributed by atoms with Crippen molar-refractivity contribution in [2.24, 2.45) is 0 Å². The van der Waals surface area contributed by atoms with Gasteiger partial charge in [-0.05, 0) is 32.3 Å². The van der Waals surface area contributed by atoms with E-state index in [1.165, 1.54) is 0 Å². The summed E-state index contributed by atoms with van der Waals surface area (Å²) in [5, 5.41) is 3.50. The third-order valence-corrected chi connectivity index (χ3v) is 2.93. The molecule has 0 fully saturated rings. The van der Waals surface area contributed by atoms with Crippen molar-refractivity contribution >= 4 is 17.4 Å². The van der Waals surface area contributed by atoms with Crippen molar-refractivity contribution in [1.29, 1.82) is 0 Å². The fourth-order valence-corrected chi connectivity index (χ4v) is 1.82. The topological polar surface area (TPSA) is 41.6 Å². The molecule has 0 atom stereocenters. The number of likely N-dealkylation sites (N-methyl/N-ethyl adjacent to an activating group) is 2. The first kappa shape index (κ1) is 15.0. The molecule has 4 nitrogen and oxygen atoms in total. The number of hydrogen-bond acceptors (Lipinski definition) is 4. The van der Waals surface area contributed by atoms with Crippen LogP contribution in [0.5, 0.6) is 5.75 Å². The first-order valence-electron chi connectivity index (χ1n) is 5.78. The van der Waals surface area contributed by atoms with Crippen LogP contribution in [0.1, 0.15) is 10.4 Å². The zero-order chi connectivity index (χ0) is 13.5. The quantitative estimate of drug-likeness (QED) is 0.766. The summed E-state index contributed by atoms with van der Waals surface area (Å²) >= 11 is 5.99. The van der Waals surface area contributed by atoms with Crippen LogP contribution < -0.4 is 10.1 Å². The molecule has 0 aliphatic heterocycles. The summed E-state index contributed by atoms with van der Waals surface area (Å²) in [5.74, 6) is 0.634. The van der Waals surface area contributed by atoms with E-state index in [4.69, 9.17) is 16.3 Å². The minimum atomic E-state index is 0.0538. The van der Waals surface area contributed by atoms with Gasteiger partial charge in [0.15, 0.2) is 5.78 Å². The second-order valence-corrected chi connectivity index (χ2v) is 4.52. The van der Waals surface area contributed by atoms with Crippen molar-refractivity contribution in [3.63, 3.8) is 0 Å². The predicted molar refractivity (Wildman–Crippen MR) is 73.8 cm³/mol. The largest absolute Gasteiger partial charge is 0.495 e. The van der Waals surface area contributed by atoms with Gasteiger partial charge >= 0.3 is 0 Å². The molecule has 0 aliphatic rings. The van der Waals surface area contributed by atoms with Crippen LogP contribution in [-0.4, -0.2) is 51.5 Å². The molecule has 1 aromatic carbocycles. The van der Waals surface area contributed by atoms with Gasteiger partial charge in [0.05, 0.1) is 18.7 Å². The Balaban J connectivity index is 2.64. The lowest BCUT2D eigenvalue weighted by molar-refractivity contribution is 0.0947. The van der Waals surface area contributed by atoms with Gasteiger partial charge in [0.25, 0.3) is 0 Å². The van der Waals surface area contributed by atoms with E-state index in [2.05, 4.69) is 5.32 Å². The summed E-state index contributed by atoms with van der Waals surface area (Å²) < 4.78 is 5.05. The maximum absolute atomic E-state index is 12.0. The Morgan fingerprint density at radius 3 is 2.78 bits per heavy atom. The fourth-order valence-electron chi connectivity index (χ4n) is 1.56. The zero-order valence-corrected chi connectivity index (χ0v) is 11.8. The molecule has 0 amide bonds. The molecule has 0 saturated heterocycles. The maximum Gasteiger partial charge on any atom is 0.176 e. The Hall–Kier alpha value is -1.10. The molecular weight excluding hydrogens is 252 g/mol. The molecule has 0 bridgehead atoms. The average molecular weight is 271 g/mol. The lowest BCUT2D eigenvalue weighted by Crippen LogP contribution is -2.31. The number of methoxy groups -OCH3 is 1. The van der Waals surface area contributed by atoms with Gasteiger partial charge < -0.3 is 10.1 Å². The lowest BCUT2D eigenvalue weighted by Gasteiger charge is -2.15. The van der Waals surface area contributed by atoms with Crippen LogP contribution in [-0.2, 0) is 0 Å². The highest BCUT2D eigenvalue weighted by molar-refractivity contribution is 6.32. The normalized spacial score (nSPS) is 10.7. The van der Waals surface area contributed by atoms with Gasteiger partial charge in [-0.3, -0.25) is 9.69 Å². The number of carbonyl (C=O) groups is 1. The minimum absolute atomic E-state index is 0.0538. The number of nitrogens with zero attached hydrogens (tertiary/aromatic N) is 1. The van der Waals surface area contributed by atoms with E-state index >= 15 is 0 Å². The number of ketones is 1. The van der Waals surface area contributed by atoms with Gasteiger partial charge in [0.1, 0.15) is 5.75 Å². The molecule has 0 aromatic heterocycles. The van der Waals surface area contributed by atoms with E-state index < -0.39 is 0 Å². The summed E-state index contributed by atoms with van der Waals surface area (Å²) in [4.78, 5) is 14.0. The van der Waals surface area contributed by atoms with Gasteiger partial charge in [0.2, 0.25) is 0 Å². The van der Waals surface area contributed by atoms with E-state index in [0.29, 0.717) is 22.9 Å². The fraction of sp³-hybridized carbons (Fsp3) is 0.462. The van der Waals surface area contributed by atoms with Gasteiger partial charge in [-0.1, -0.05) is 11.6 Å². The summed E-state index contributed by atoms with van der Waals surface area (Å²) in [6.45, 7) is 2.06. The zero-order valence-electron chi connectivity index (χ0n) is 11.0. The van der Waals surface area contributed by atoms with Crippen molar-refractivity contribution in [3.05, 3.63) is 28.8 Å². The molecule has 0 spiro atoms. The number of Topliss-reactive ketones (excluding diaryl/α,β-unsaturated/α-hetero) is 1. The molecule has 18 heavy (non-hydrogen) atoms. The number of ether oxygens (including phenoxy) is 1. The maximum atomic E-state index is 12.0. The molecular formula is C13H19ClN2O2. The number of halogens is 1. The van der Waals surface area contributed by atoms with Crippen LogP contribution in [0.25, 0.3) is 0 Å². The molecule has 1 aromatic rings. The highest BCUT2D eigenvalue weighted by Crippen LogP contribution is 2.25. The Bertz CT molecular complexity index is 410. The lowest BCUT2D eigenvalue weighted by atomic mass is 10.1. The first-order valence-corrected chi connectivity index (χ1v) is 6.16. The van der Waals surface area contributed by atoms with E-state index in [-0.39, 0.29) is 5.78 Å². The molecule has 0 aliphatic carbocycles. The number of carbonyl (C=O) groups excluding carboxylic acids is 1. The monoisotopic (exact) mass is 270 g/mol. The van der Waals surface area contributed by atoms with Crippen molar-refractivity contribution in [2.75, 3.05) is 40.8 Å². The highest BCUT2D eigenvalue weighted by atomic mass is 35.5. The molecule has 0 heterocycles. The van der Waals surface area contributed by atoms with Gasteiger partial charge in [0, 0.05) is 18.7 Å². The van der Waals surface area contributed by atoms with E-state index in [0.717, 1.165) is 13.1 Å². The molecule has 0 unspecified atom stereocenters. The molecule has 0 saturated carbocycles. The number of hydrogen-bond donors (Lipinski definition) is 1. The Kier molecular flexibility index (Phi) is 6.12. The van der Waals surface area contributed by atoms with Crippen molar-refractivity contribution in [1.82, 2.24) is 10.2 Å². The summed E-state index contributed by atoms with van der Waals surface area (Å²) in [6, 6.07) is 5.09. The second-order valence-electron chi connectivity index (χ2n) is 4.11. The summed E-state index contributed by atoms with van der Waals surface area (Å²) in [5.41, 5.74) is 0.608. The minimum Gasteiger partial charge on any atom is -0.495 e. The first-order chi connectivity index (χ1) is 8.58. The van der Waals surface area contributed by atoms with Crippen LogP contribution in [0.3, 0.4) is 0 Å². The predicted octanol–water partition coefficient (Wildman–Crippen LogP) is 1.68. The van der Waals surface area contributed by atoms with Crippen LogP contribution in [0.2, 0.25) is 5.02 Å². The Morgan fingerprint density at radius 1 is 1.50 bits per heavy atom. The SMILES string of the molecule is CNCCN(C)CC(=O)c1ccc(OC)c(Cl)c1. The van der Waals surface area contributed by atoms with E-state index in [9.17, 15) is 4.79 Å². The molecule has 0 radical (unpaired) electrons. The van der Waals surface area contributed by atoms with Gasteiger partial charge in [-0.25, -0.2) is 0 Å². The smallest absolute Gasteiger partial charge is 0.176 e. The molecule has 1 rings (SSSR count). The van der Waals surface area contributed by atoms with Crippen LogP contribution in [0.4, 0.5) is 0 Å². The van der Waals surface area contributed by atoms with E-state index in [1.54, 1.807) is 25.3 Å². The Morgan fingerprint density at radius 2 is 2.22 bits per heavy atom. The molecule has 1 N–H and O–H groups in total. The van der Waals surface area contributed by atoms with Gasteiger partial charge in [-0.15, -0.1) is 0 Å². The third kappa shape index (κ3) is 4.29. The summed E-state index contributed by atoms with van der Waals surface area (Å²) in [6.07, 6.45) is 0. The average Bonchev–Trinajstić information content (AvgIpc) is 2.36. The summed E-state index contributed by atoms with van der Waals surface area (Å²) in [7, 11) is 5.35. The third-order valence-electron chi connectivity index (χ3n) is 2.63. The number of benzene rings is 1. The van der Waals surface area contributed by atoms with Gasteiger partial charge in [-0.2, -0.15) is 0 Å². The highest BCUT2D eigenvalue weighted by Gasteiger charge is 2.11. The Labute approximate surface area is 113 Å². The second kappa shape index (κ2) is 7.36. The van der Waals surface area contributed by atoms with Crippen LogP contribution in [0, 0.1) is 0 Å². The number of nitrogens with one attached hydrogen (secondary N) is 1. The molecule has 5 heteroatoms. The van der Waals surface area contributed by atoms with Crippen molar-refractivity contribution in [2.45, 2.75) is 0 Å².